The molecule has 0 fully saturated rings. The van der Waals surface area contributed by atoms with Crippen LogP contribution in [0.2, 0.25) is 10.0 Å². The van der Waals surface area contributed by atoms with Crippen LogP contribution in [-0.4, -0.2) is 12.1 Å². The fourth-order valence-corrected chi connectivity index (χ4v) is 2.16. The Morgan fingerprint density at radius 3 is 2.68 bits per heavy atom. The zero-order valence-electron chi connectivity index (χ0n) is 10.2. The summed E-state index contributed by atoms with van der Waals surface area (Å²) >= 11 is 12.2. The van der Waals surface area contributed by atoms with E-state index in [9.17, 15) is 0 Å². The molecule has 5 heteroatoms. The van der Waals surface area contributed by atoms with Gasteiger partial charge in [-0.25, -0.2) is 4.98 Å². The number of hydrogen-bond donors (Lipinski definition) is 0. The number of ether oxygens (including phenoxy) is 1. The predicted molar refractivity (Wildman–Crippen MR) is 75.6 cm³/mol. The molecule has 0 unspecified atom stereocenters. The average Bonchev–Trinajstić information content (AvgIpc) is 2.42. The van der Waals surface area contributed by atoms with Crippen LogP contribution in [0.15, 0.2) is 30.3 Å². The summed E-state index contributed by atoms with van der Waals surface area (Å²) in [6.45, 7) is 0. The van der Waals surface area contributed by atoms with Crippen molar-refractivity contribution >= 4 is 23.2 Å². The molecule has 2 aromatic rings. The maximum atomic E-state index is 8.89. The lowest BCUT2D eigenvalue weighted by molar-refractivity contribution is 0.397. The molecule has 2 rings (SSSR count). The van der Waals surface area contributed by atoms with E-state index >= 15 is 0 Å². The van der Waals surface area contributed by atoms with Crippen LogP contribution >= 0.6 is 23.2 Å². The molecule has 0 spiro atoms. The minimum Gasteiger partial charge on any atom is -0.481 e. The summed E-state index contributed by atoms with van der Waals surface area (Å²) in [7, 11) is 1.53. The molecule has 0 atom stereocenters. The van der Waals surface area contributed by atoms with Gasteiger partial charge in [-0.15, -0.1) is 0 Å². The highest BCUT2D eigenvalue weighted by Gasteiger charge is 2.13. The first-order chi connectivity index (χ1) is 9.17. The molecule has 3 nitrogen and oxygen atoms in total. The van der Waals surface area contributed by atoms with E-state index in [1.165, 1.54) is 7.11 Å². The lowest BCUT2D eigenvalue weighted by atomic mass is 10.0. The second kappa shape index (κ2) is 5.92. The van der Waals surface area contributed by atoms with Gasteiger partial charge < -0.3 is 4.74 Å². The Kier molecular flexibility index (Phi) is 4.26. The Balaban J connectivity index is 2.61. The van der Waals surface area contributed by atoms with Crippen molar-refractivity contribution in [2.45, 2.75) is 6.42 Å². The minimum atomic E-state index is 0.176. The highest BCUT2D eigenvalue weighted by atomic mass is 35.5. The molecule has 0 radical (unpaired) electrons. The SMILES string of the molecule is COc1ccc(-c2cccc(Cl)c2Cl)c(CC#N)n1. The van der Waals surface area contributed by atoms with Crippen molar-refractivity contribution in [1.82, 2.24) is 4.98 Å². The number of aromatic nitrogens is 1. The van der Waals surface area contributed by atoms with E-state index in [4.69, 9.17) is 33.2 Å². The molecule has 0 saturated heterocycles. The third kappa shape index (κ3) is 2.81. The molecule has 0 aliphatic heterocycles. The molecule has 1 aromatic heterocycles. The molecule has 96 valence electrons. The third-order valence-corrected chi connectivity index (χ3v) is 3.46. The summed E-state index contributed by atoms with van der Waals surface area (Å²) in [5.74, 6) is 0.465. The molecule has 0 aliphatic rings. The van der Waals surface area contributed by atoms with Gasteiger partial charge in [0.15, 0.2) is 0 Å². The lowest BCUT2D eigenvalue weighted by Gasteiger charge is -2.10. The number of methoxy groups -OCH3 is 1. The Morgan fingerprint density at radius 2 is 2.00 bits per heavy atom. The molecule has 0 saturated carbocycles. The number of nitrogens with zero attached hydrogens (tertiary/aromatic N) is 2. The van der Waals surface area contributed by atoms with Crippen molar-refractivity contribution < 1.29 is 4.74 Å². The van der Waals surface area contributed by atoms with E-state index in [1.807, 2.05) is 18.2 Å². The van der Waals surface area contributed by atoms with Gasteiger partial charge in [0.25, 0.3) is 0 Å². The molecule has 0 aliphatic carbocycles. The average molecular weight is 293 g/mol. The summed E-state index contributed by atoms with van der Waals surface area (Å²) in [6.07, 6.45) is 0.176. The Hall–Kier alpha value is -1.76. The van der Waals surface area contributed by atoms with Crippen LogP contribution in [0.4, 0.5) is 0 Å². The summed E-state index contributed by atoms with van der Waals surface area (Å²) in [5, 5.41) is 9.81. The molecule has 1 aromatic carbocycles. The number of benzene rings is 1. The van der Waals surface area contributed by atoms with E-state index in [-0.39, 0.29) is 6.42 Å². The molecule has 0 N–H and O–H groups in total. The Morgan fingerprint density at radius 1 is 1.21 bits per heavy atom. The number of halogens is 2. The highest BCUT2D eigenvalue weighted by molar-refractivity contribution is 6.43. The number of hydrogen-bond acceptors (Lipinski definition) is 3. The van der Waals surface area contributed by atoms with Gasteiger partial charge in [0.2, 0.25) is 5.88 Å². The van der Waals surface area contributed by atoms with Crippen LogP contribution in [0.25, 0.3) is 11.1 Å². The normalized spacial score (nSPS) is 10.0. The molecule has 1 heterocycles. The van der Waals surface area contributed by atoms with Gasteiger partial charge in [-0.1, -0.05) is 35.3 Å². The van der Waals surface area contributed by atoms with E-state index in [1.54, 1.807) is 12.1 Å². The molecular weight excluding hydrogens is 283 g/mol. The molecular formula is C14H10Cl2N2O. The van der Waals surface area contributed by atoms with Crippen LogP contribution in [0, 0.1) is 11.3 Å². The standard InChI is InChI=1S/C14H10Cl2N2O/c1-19-13-6-5-9(12(18-13)7-8-17)10-3-2-4-11(15)14(10)16/h2-6H,7H2,1H3. The third-order valence-electron chi connectivity index (χ3n) is 2.65. The fraction of sp³-hybridized carbons (Fsp3) is 0.143. The first-order valence-corrected chi connectivity index (χ1v) is 6.28. The van der Waals surface area contributed by atoms with Gasteiger partial charge in [-0.3, -0.25) is 0 Å². The Bertz CT molecular complexity index is 650. The minimum absolute atomic E-state index is 0.176. The maximum Gasteiger partial charge on any atom is 0.213 e. The van der Waals surface area contributed by atoms with Gasteiger partial charge >= 0.3 is 0 Å². The number of nitriles is 1. The molecule has 0 bridgehead atoms. The first kappa shape index (κ1) is 13.7. The van der Waals surface area contributed by atoms with Crippen LogP contribution in [0.3, 0.4) is 0 Å². The smallest absolute Gasteiger partial charge is 0.213 e. The van der Waals surface area contributed by atoms with Crippen molar-refractivity contribution in [3.63, 3.8) is 0 Å². The van der Waals surface area contributed by atoms with Crippen LogP contribution < -0.4 is 4.74 Å². The van der Waals surface area contributed by atoms with Gasteiger partial charge in [-0.05, 0) is 12.1 Å². The molecule has 0 amide bonds. The van der Waals surface area contributed by atoms with Crippen molar-refractivity contribution in [2.24, 2.45) is 0 Å². The van der Waals surface area contributed by atoms with Crippen molar-refractivity contribution in [1.29, 1.82) is 5.26 Å². The van der Waals surface area contributed by atoms with Gasteiger partial charge in [0.1, 0.15) is 0 Å². The molecule has 19 heavy (non-hydrogen) atoms. The predicted octanol–water partition coefficient (Wildman–Crippen LogP) is 4.13. The van der Waals surface area contributed by atoms with Crippen molar-refractivity contribution in [3.8, 4) is 23.1 Å². The van der Waals surface area contributed by atoms with E-state index in [0.717, 1.165) is 11.1 Å². The monoisotopic (exact) mass is 292 g/mol. The van der Waals surface area contributed by atoms with Gasteiger partial charge in [-0.2, -0.15) is 5.26 Å². The van der Waals surface area contributed by atoms with E-state index in [0.29, 0.717) is 21.6 Å². The van der Waals surface area contributed by atoms with Gasteiger partial charge in [0, 0.05) is 17.2 Å². The van der Waals surface area contributed by atoms with Gasteiger partial charge in [0.05, 0.1) is 35.3 Å². The fourth-order valence-electron chi connectivity index (χ4n) is 1.76. The maximum absolute atomic E-state index is 8.89. The zero-order valence-corrected chi connectivity index (χ0v) is 11.7. The lowest BCUT2D eigenvalue weighted by Crippen LogP contribution is -1.97. The quantitative estimate of drug-likeness (QED) is 0.854. The summed E-state index contributed by atoms with van der Waals surface area (Å²) in [6, 6.07) is 11.0. The largest absolute Gasteiger partial charge is 0.481 e. The number of pyridine rings is 1. The van der Waals surface area contributed by atoms with Crippen LogP contribution in [0.1, 0.15) is 5.69 Å². The number of rotatable bonds is 3. The van der Waals surface area contributed by atoms with Crippen molar-refractivity contribution in [2.75, 3.05) is 7.11 Å². The topological polar surface area (TPSA) is 45.9 Å². The van der Waals surface area contributed by atoms with E-state index < -0.39 is 0 Å². The summed E-state index contributed by atoms with van der Waals surface area (Å²) < 4.78 is 5.07. The first-order valence-electron chi connectivity index (χ1n) is 5.52. The summed E-state index contributed by atoms with van der Waals surface area (Å²) in [5.41, 5.74) is 2.16. The van der Waals surface area contributed by atoms with Crippen LogP contribution in [0.5, 0.6) is 5.88 Å². The van der Waals surface area contributed by atoms with Crippen molar-refractivity contribution in [3.05, 3.63) is 46.1 Å². The van der Waals surface area contributed by atoms with Crippen LogP contribution in [-0.2, 0) is 6.42 Å². The van der Waals surface area contributed by atoms with E-state index in [2.05, 4.69) is 11.1 Å². The summed E-state index contributed by atoms with van der Waals surface area (Å²) in [4.78, 5) is 4.28. The zero-order chi connectivity index (χ0) is 13.8. The second-order valence-corrected chi connectivity index (χ2v) is 4.57. The second-order valence-electron chi connectivity index (χ2n) is 3.78. The highest BCUT2D eigenvalue weighted by Crippen LogP contribution is 2.35. The Labute approximate surface area is 121 Å².